The van der Waals surface area contributed by atoms with Gasteiger partial charge in [-0.25, -0.2) is 4.68 Å². The SMILES string of the molecule is CCCc1nn(CC(=O)N2CCCC[C@@H]2C)c(=O)c2cc3ccsc3n12. The summed E-state index contributed by atoms with van der Waals surface area (Å²) >= 11 is 1.61. The highest BCUT2D eigenvalue weighted by atomic mass is 32.1. The molecule has 0 bridgehead atoms. The number of hydrogen-bond acceptors (Lipinski definition) is 4. The Bertz CT molecular complexity index is 1020. The Balaban J connectivity index is 1.76. The molecule has 0 aromatic carbocycles. The maximum absolute atomic E-state index is 13.0. The summed E-state index contributed by atoms with van der Waals surface area (Å²) in [5.41, 5.74) is 0.427. The molecule has 1 aliphatic heterocycles. The van der Waals surface area contributed by atoms with Crippen molar-refractivity contribution < 1.29 is 4.79 Å². The van der Waals surface area contributed by atoms with E-state index in [9.17, 15) is 9.59 Å². The Labute approximate surface area is 156 Å². The van der Waals surface area contributed by atoms with E-state index >= 15 is 0 Å². The summed E-state index contributed by atoms with van der Waals surface area (Å²) in [4.78, 5) is 28.7. The van der Waals surface area contributed by atoms with E-state index in [0.29, 0.717) is 5.52 Å². The van der Waals surface area contributed by atoms with Gasteiger partial charge in [0.05, 0.1) is 0 Å². The fourth-order valence-electron chi connectivity index (χ4n) is 3.88. The van der Waals surface area contributed by atoms with Crippen LogP contribution in [0.1, 0.15) is 45.4 Å². The lowest BCUT2D eigenvalue weighted by atomic mass is 10.0. The van der Waals surface area contributed by atoms with E-state index < -0.39 is 0 Å². The smallest absolute Gasteiger partial charge is 0.291 e. The second-order valence-electron chi connectivity index (χ2n) is 7.11. The first-order valence-corrected chi connectivity index (χ1v) is 10.3. The van der Waals surface area contributed by atoms with Gasteiger partial charge in [0.15, 0.2) is 0 Å². The Morgan fingerprint density at radius 3 is 3.00 bits per heavy atom. The first-order chi connectivity index (χ1) is 12.6. The second kappa shape index (κ2) is 6.87. The molecule has 6 nitrogen and oxygen atoms in total. The van der Waals surface area contributed by atoms with Crippen molar-refractivity contribution in [1.29, 1.82) is 0 Å². The fraction of sp³-hybridized carbons (Fsp3) is 0.526. The maximum atomic E-state index is 13.0. The molecule has 0 spiro atoms. The predicted octanol–water partition coefficient (Wildman–Crippen LogP) is 3.06. The molecular formula is C19H24N4O2S. The van der Waals surface area contributed by atoms with Gasteiger partial charge in [0.1, 0.15) is 22.7 Å². The van der Waals surface area contributed by atoms with Gasteiger partial charge in [0, 0.05) is 24.4 Å². The van der Waals surface area contributed by atoms with Gasteiger partial charge in [-0.15, -0.1) is 11.3 Å². The summed E-state index contributed by atoms with van der Waals surface area (Å²) in [6.07, 6.45) is 4.93. The number of aromatic nitrogens is 3. The summed E-state index contributed by atoms with van der Waals surface area (Å²) in [6.45, 7) is 4.98. The molecule has 0 unspecified atom stereocenters. The van der Waals surface area contributed by atoms with Gasteiger partial charge in [0.2, 0.25) is 5.91 Å². The Morgan fingerprint density at radius 2 is 2.23 bits per heavy atom. The van der Waals surface area contributed by atoms with Crippen LogP contribution in [0.4, 0.5) is 0 Å². The lowest BCUT2D eigenvalue weighted by molar-refractivity contribution is -0.135. The van der Waals surface area contributed by atoms with Gasteiger partial charge in [-0.2, -0.15) is 5.10 Å². The number of hydrogen-bond donors (Lipinski definition) is 0. The minimum absolute atomic E-state index is 0.00744. The molecule has 0 radical (unpaired) electrons. The van der Waals surface area contributed by atoms with Crippen molar-refractivity contribution in [2.24, 2.45) is 0 Å². The molecule has 26 heavy (non-hydrogen) atoms. The number of piperidine rings is 1. The molecule has 3 aromatic heterocycles. The molecular weight excluding hydrogens is 348 g/mol. The number of aryl methyl sites for hydroxylation is 1. The van der Waals surface area contributed by atoms with Crippen LogP contribution in [-0.2, 0) is 17.8 Å². The van der Waals surface area contributed by atoms with Crippen LogP contribution in [0.2, 0.25) is 0 Å². The standard InChI is InChI=1S/C19H24N4O2S/c1-3-6-16-20-22(12-17(24)21-9-5-4-7-13(21)2)18(25)15-11-14-8-10-26-19(14)23(15)16/h8,10-11,13H,3-7,9,12H2,1-2H3/t13-/m0/s1. The molecule has 0 saturated carbocycles. The first kappa shape index (κ1) is 17.3. The zero-order valence-electron chi connectivity index (χ0n) is 15.3. The van der Waals surface area contributed by atoms with E-state index in [1.165, 1.54) is 4.68 Å². The van der Waals surface area contributed by atoms with Gasteiger partial charge in [-0.3, -0.25) is 14.0 Å². The number of fused-ring (bicyclic) bond motifs is 3. The van der Waals surface area contributed by atoms with Gasteiger partial charge >= 0.3 is 0 Å². The molecule has 138 valence electrons. The zero-order valence-corrected chi connectivity index (χ0v) is 16.1. The molecule has 0 N–H and O–H groups in total. The predicted molar refractivity (Wildman–Crippen MR) is 104 cm³/mol. The fourth-order valence-corrected chi connectivity index (χ4v) is 4.80. The summed E-state index contributed by atoms with van der Waals surface area (Å²) in [5, 5.41) is 7.66. The van der Waals surface area contributed by atoms with Crippen LogP contribution >= 0.6 is 11.3 Å². The second-order valence-corrected chi connectivity index (χ2v) is 8.00. The molecule has 1 saturated heterocycles. The molecule has 4 heterocycles. The van der Waals surface area contributed by atoms with Crippen molar-refractivity contribution in [1.82, 2.24) is 19.1 Å². The number of thiophene rings is 1. The van der Waals surface area contributed by atoms with Crippen molar-refractivity contribution in [3.05, 3.63) is 33.7 Å². The van der Waals surface area contributed by atoms with Gasteiger partial charge in [0.25, 0.3) is 5.56 Å². The van der Waals surface area contributed by atoms with Crippen LogP contribution < -0.4 is 5.56 Å². The Morgan fingerprint density at radius 1 is 1.38 bits per heavy atom. The Hall–Kier alpha value is -2.15. The maximum Gasteiger partial charge on any atom is 0.291 e. The number of rotatable bonds is 4. The van der Waals surface area contributed by atoms with Crippen molar-refractivity contribution in [2.75, 3.05) is 6.54 Å². The molecule has 0 aliphatic carbocycles. The van der Waals surface area contributed by atoms with E-state index in [1.54, 1.807) is 11.3 Å². The van der Waals surface area contributed by atoms with Crippen molar-refractivity contribution in [2.45, 2.75) is 58.5 Å². The molecule has 3 aromatic rings. The third-order valence-electron chi connectivity index (χ3n) is 5.24. The molecule has 7 heteroatoms. The van der Waals surface area contributed by atoms with Crippen molar-refractivity contribution in [3.8, 4) is 0 Å². The lowest BCUT2D eigenvalue weighted by Crippen LogP contribution is -2.45. The molecule has 4 rings (SSSR count). The number of nitrogens with zero attached hydrogens (tertiary/aromatic N) is 4. The Kier molecular flexibility index (Phi) is 4.56. The van der Waals surface area contributed by atoms with E-state index in [2.05, 4.69) is 18.9 Å². The van der Waals surface area contributed by atoms with Crippen LogP contribution in [0.5, 0.6) is 0 Å². The molecule has 1 amide bonds. The zero-order chi connectivity index (χ0) is 18.3. The number of amides is 1. The van der Waals surface area contributed by atoms with Gasteiger partial charge < -0.3 is 4.90 Å². The topological polar surface area (TPSA) is 59.6 Å². The minimum atomic E-state index is -0.189. The van der Waals surface area contributed by atoms with Crippen molar-refractivity contribution >= 4 is 33.0 Å². The lowest BCUT2D eigenvalue weighted by Gasteiger charge is -2.33. The third-order valence-corrected chi connectivity index (χ3v) is 6.15. The van der Waals surface area contributed by atoms with Crippen molar-refractivity contribution in [3.63, 3.8) is 0 Å². The molecule has 1 atom stereocenters. The number of carbonyl (C=O) groups excluding carboxylic acids is 1. The summed E-state index contributed by atoms with van der Waals surface area (Å²) in [6, 6.07) is 4.18. The third kappa shape index (κ3) is 2.84. The van der Waals surface area contributed by atoms with E-state index in [0.717, 1.165) is 54.7 Å². The first-order valence-electron chi connectivity index (χ1n) is 9.38. The van der Waals surface area contributed by atoms with E-state index in [4.69, 9.17) is 0 Å². The highest BCUT2D eigenvalue weighted by Gasteiger charge is 2.24. The van der Waals surface area contributed by atoms with Crippen LogP contribution in [0.15, 0.2) is 22.3 Å². The van der Waals surface area contributed by atoms with Crippen LogP contribution in [0, 0.1) is 0 Å². The average Bonchev–Trinajstić information content (AvgIpc) is 3.20. The molecule has 1 aliphatic rings. The van der Waals surface area contributed by atoms with Crippen LogP contribution in [0.25, 0.3) is 15.7 Å². The quantitative estimate of drug-likeness (QED) is 0.707. The minimum Gasteiger partial charge on any atom is -0.338 e. The van der Waals surface area contributed by atoms with E-state index in [1.807, 2.05) is 26.8 Å². The number of likely N-dealkylation sites (tertiary alicyclic amines) is 1. The average molecular weight is 372 g/mol. The highest BCUT2D eigenvalue weighted by Crippen LogP contribution is 2.25. The van der Waals surface area contributed by atoms with Gasteiger partial charge in [-0.1, -0.05) is 6.92 Å². The molecule has 1 fully saturated rings. The van der Waals surface area contributed by atoms with Crippen LogP contribution in [-0.4, -0.2) is 37.6 Å². The summed E-state index contributed by atoms with van der Waals surface area (Å²) in [5.74, 6) is 0.839. The highest BCUT2D eigenvalue weighted by molar-refractivity contribution is 7.16. The van der Waals surface area contributed by atoms with E-state index in [-0.39, 0.29) is 24.1 Å². The van der Waals surface area contributed by atoms with Crippen LogP contribution in [0.3, 0.4) is 0 Å². The number of carbonyl (C=O) groups is 1. The largest absolute Gasteiger partial charge is 0.338 e. The monoisotopic (exact) mass is 372 g/mol. The normalized spacial score (nSPS) is 18.1. The summed E-state index contributed by atoms with van der Waals surface area (Å²) < 4.78 is 3.34. The summed E-state index contributed by atoms with van der Waals surface area (Å²) in [7, 11) is 0. The van der Waals surface area contributed by atoms with Gasteiger partial charge in [-0.05, 0) is 50.1 Å².